The number of unbranched alkanes of at least 4 members (excludes halogenated alkanes) is 1. The van der Waals surface area contributed by atoms with Gasteiger partial charge in [-0.05, 0) is 25.7 Å². The third-order valence-electron chi connectivity index (χ3n) is 3.83. The summed E-state index contributed by atoms with van der Waals surface area (Å²) in [5, 5.41) is 9.44. The van der Waals surface area contributed by atoms with Crippen molar-refractivity contribution < 1.29 is 4.79 Å². The van der Waals surface area contributed by atoms with Gasteiger partial charge < -0.3 is 4.90 Å². The lowest BCUT2D eigenvalue weighted by atomic mass is 9.80. The highest BCUT2D eigenvalue weighted by Crippen LogP contribution is 2.36. The lowest BCUT2D eigenvalue weighted by Gasteiger charge is -2.29. The molecule has 1 fully saturated rings. The quantitative estimate of drug-likeness (QED) is 0.426. The highest BCUT2D eigenvalue weighted by atomic mass is 16.2. The van der Waals surface area contributed by atoms with Crippen LogP contribution in [0.2, 0.25) is 0 Å². The maximum absolute atomic E-state index is 12.5. The Kier molecular flexibility index (Phi) is 5.91. The lowest BCUT2D eigenvalue weighted by Crippen LogP contribution is -2.41. The smallest absolute Gasteiger partial charge is 0.242 e. The fraction of sp³-hybridized carbons (Fsp3) is 0.733. The first-order valence-electron chi connectivity index (χ1n) is 6.94. The second-order valence-corrected chi connectivity index (χ2v) is 5.27. The summed E-state index contributed by atoms with van der Waals surface area (Å²) in [5.41, 5.74) is -0.751. The van der Waals surface area contributed by atoms with Crippen LogP contribution in [0.1, 0.15) is 51.4 Å². The molecule has 0 aliphatic heterocycles. The van der Waals surface area contributed by atoms with E-state index in [9.17, 15) is 10.1 Å². The van der Waals surface area contributed by atoms with Gasteiger partial charge in [-0.3, -0.25) is 4.79 Å². The van der Waals surface area contributed by atoms with Gasteiger partial charge in [0, 0.05) is 13.6 Å². The molecule has 0 aromatic rings. The molecule has 0 heterocycles. The number of carbonyl (C=O) groups excluding carboxylic acids is 1. The largest absolute Gasteiger partial charge is 0.344 e. The van der Waals surface area contributed by atoms with Crippen LogP contribution in [0.15, 0.2) is 12.7 Å². The second-order valence-electron chi connectivity index (χ2n) is 5.27. The zero-order valence-corrected chi connectivity index (χ0v) is 11.5. The van der Waals surface area contributed by atoms with Gasteiger partial charge in [-0.2, -0.15) is 5.26 Å². The van der Waals surface area contributed by atoms with Crippen molar-refractivity contribution in [2.45, 2.75) is 51.4 Å². The van der Waals surface area contributed by atoms with Gasteiger partial charge in [0.1, 0.15) is 5.41 Å². The Labute approximate surface area is 110 Å². The molecule has 1 amide bonds. The minimum absolute atomic E-state index is 0.0240. The zero-order valence-electron chi connectivity index (χ0n) is 11.5. The van der Waals surface area contributed by atoms with Crippen molar-refractivity contribution in [3.05, 3.63) is 12.7 Å². The molecule has 0 radical (unpaired) electrons. The molecule has 0 saturated heterocycles. The molecule has 3 nitrogen and oxygen atoms in total. The molecule has 0 N–H and O–H groups in total. The first-order valence-corrected chi connectivity index (χ1v) is 6.94. The van der Waals surface area contributed by atoms with E-state index in [-0.39, 0.29) is 5.91 Å². The maximum atomic E-state index is 12.5. The molecule has 1 aliphatic rings. The SMILES string of the molecule is C=CCCCN(C)C(=O)C1(C#N)CCCCCC1. The zero-order chi connectivity index (χ0) is 13.4. The van der Waals surface area contributed by atoms with Crippen LogP contribution in [0.3, 0.4) is 0 Å². The molecule has 0 spiro atoms. The Morgan fingerprint density at radius 2 is 2.00 bits per heavy atom. The molecule has 3 heteroatoms. The monoisotopic (exact) mass is 248 g/mol. The first-order chi connectivity index (χ1) is 8.66. The van der Waals surface area contributed by atoms with Crippen LogP contribution in [0.4, 0.5) is 0 Å². The van der Waals surface area contributed by atoms with Crippen molar-refractivity contribution in [3.63, 3.8) is 0 Å². The summed E-state index contributed by atoms with van der Waals surface area (Å²) in [6.45, 7) is 4.40. The number of nitrogens with zero attached hydrogens (tertiary/aromatic N) is 2. The van der Waals surface area contributed by atoms with E-state index >= 15 is 0 Å². The van der Waals surface area contributed by atoms with Crippen LogP contribution < -0.4 is 0 Å². The Morgan fingerprint density at radius 3 is 2.50 bits per heavy atom. The molecule has 1 aliphatic carbocycles. The van der Waals surface area contributed by atoms with Crippen LogP contribution >= 0.6 is 0 Å². The van der Waals surface area contributed by atoms with Crippen LogP contribution in [0, 0.1) is 16.7 Å². The van der Waals surface area contributed by atoms with E-state index in [0.717, 1.165) is 51.4 Å². The lowest BCUT2D eigenvalue weighted by molar-refractivity contribution is -0.138. The molecule has 0 aromatic carbocycles. The van der Waals surface area contributed by atoms with E-state index in [4.69, 9.17) is 0 Å². The molecule has 1 rings (SSSR count). The summed E-state index contributed by atoms with van der Waals surface area (Å²) in [7, 11) is 1.81. The number of nitriles is 1. The van der Waals surface area contributed by atoms with Gasteiger partial charge in [0.25, 0.3) is 0 Å². The number of allylic oxidation sites excluding steroid dienone is 1. The highest BCUT2D eigenvalue weighted by Gasteiger charge is 2.40. The number of hydrogen-bond donors (Lipinski definition) is 0. The van der Waals surface area contributed by atoms with Gasteiger partial charge in [-0.1, -0.05) is 31.8 Å². The van der Waals surface area contributed by atoms with Gasteiger partial charge in [-0.25, -0.2) is 0 Å². The summed E-state index contributed by atoms with van der Waals surface area (Å²) >= 11 is 0. The number of rotatable bonds is 5. The summed E-state index contributed by atoms with van der Waals surface area (Å²) in [6.07, 6.45) is 9.46. The predicted molar refractivity (Wildman–Crippen MR) is 72.8 cm³/mol. The fourth-order valence-corrected chi connectivity index (χ4v) is 2.65. The van der Waals surface area contributed by atoms with Crippen molar-refractivity contribution in [2.75, 3.05) is 13.6 Å². The van der Waals surface area contributed by atoms with Crippen molar-refractivity contribution in [1.29, 1.82) is 5.26 Å². The van der Waals surface area contributed by atoms with Crippen LogP contribution in [-0.2, 0) is 4.79 Å². The summed E-state index contributed by atoms with van der Waals surface area (Å²) in [6, 6.07) is 2.32. The number of hydrogen-bond acceptors (Lipinski definition) is 2. The summed E-state index contributed by atoms with van der Waals surface area (Å²) in [4.78, 5) is 14.2. The van der Waals surface area contributed by atoms with E-state index in [2.05, 4.69) is 12.6 Å². The van der Waals surface area contributed by atoms with Gasteiger partial charge in [0.15, 0.2) is 0 Å². The van der Waals surface area contributed by atoms with Crippen molar-refractivity contribution in [1.82, 2.24) is 4.90 Å². The molecule has 1 saturated carbocycles. The maximum Gasteiger partial charge on any atom is 0.242 e. The molecule has 100 valence electrons. The van der Waals surface area contributed by atoms with Crippen molar-refractivity contribution >= 4 is 5.91 Å². The molecule has 0 atom stereocenters. The standard InChI is InChI=1S/C15H24N2O/c1-3-4-9-12-17(2)14(18)15(13-16)10-7-5-6-8-11-15/h3H,1,4-12H2,2H3. The molecular weight excluding hydrogens is 224 g/mol. The van der Waals surface area contributed by atoms with Gasteiger partial charge >= 0.3 is 0 Å². The fourth-order valence-electron chi connectivity index (χ4n) is 2.65. The first kappa shape index (κ1) is 14.8. The van der Waals surface area contributed by atoms with Crippen molar-refractivity contribution in [2.24, 2.45) is 5.41 Å². The molecule has 0 bridgehead atoms. The Balaban J connectivity index is 2.65. The Morgan fingerprint density at radius 1 is 1.39 bits per heavy atom. The van der Waals surface area contributed by atoms with Gasteiger partial charge in [0.05, 0.1) is 6.07 Å². The van der Waals surface area contributed by atoms with Crippen LogP contribution in [-0.4, -0.2) is 24.4 Å². The number of carbonyl (C=O) groups is 1. The average Bonchev–Trinajstić information content (AvgIpc) is 2.64. The number of amides is 1. The minimum atomic E-state index is -0.751. The minimum Gasteiger partial charge on any atom is -0.344 e. The predicted octanol–water partition coefficient (Wildman–Crippen LogP) is 3.28. The molecule has 0 aromatic heterocycles. The van der Waals surface area contributed by atoms with Gasteiger partial charge in [0.2, 0.25) is 5.91 Å². The normalized spacial score (nSPS) is 18.4. The third kappa shape index (κ3) is 3.60. The second kappa shape index (κ2) is 7.20. The van der Waals surface area contributed by atoms with E-state index in [1.807, 2.05) is 13.1 Å². The third-order valence-corrected chi connectivity index (χ3v) is 3.83. The Hall–Kier alpha value is -1.30. The van der Waals surface area contributed by atoms with E-state index in [1.165, 1.54) is 0 Å². The van der Waals surface area contributed by atoms with Crippen LogP contribution in [0.5, 0.6) is 0 Å². The van der Waals surface area contributed by atoms with Gasteiger partial charge in [-0.15, -0.1) is 6.58 Å². The summed E-state index contributed by atoms with van der Waals surface area (Å²) < 4.78 is 0. The van der Waals surface area contributed by atoms with E-state index < -0.39 is 5.41 Å². The van der Waals surface area contributed by atoms with Crippen LogP contribution in [0.25, 0.3) is 0 Å². The molecule has 18 heavy (non-hydrogen) atoms. The van der Waals surface area contributed by atoms with Crippen molar-refractivity contribution in [3.8, 4) is 6.07 Å². The van der Waals surface area contributed by atoms with E-state index in [0.29, 0.717) is 6.54 Å². The molecular formula is C15H24N2O. The van der Waals surface area contributed by atoms with E-state index in [1.54, 1.807) is 4.90 Å². The molecule has 0 unspecified atom stereocenters. The topological polar surface area (TPSA) is 44.1 Å². The Bertz CT molecular complexity index is 322. The average molecular weight is 248 g/mol. The highest BCUT2D eigenvalue weighted by molar-refractivity contribution is 5.85. The summed E-state index contributed by atoms with van der Waals surface area (Å²) in [5.74, 6) is 0.0240.